The summed E-state index contributed by atoms with van der Waals surface area (Å²) in [5.41, 5.74) is 1.48. The van der Waals surface area contributed by atoms with Crippen molar-refractivity contribution >= 4 is 11.8 Å². The van der Waals surface area contributed by atoms with Gasteiger partial charge >= 0.3 is 6.09 Å². The zero-order chi connectivity index (χ0) is 17.9. The zero-order valence-electron chi connectivity index (χ0n) is 14.9. The van der Waals surface area contributed by atoms with Gasteiger partial charge in [0.1, 0.15) is 11.9 Å². The second-order valence-electron chi connectivity index (χ2n) is 7.35. The minimum atomic E-state index is -0.489. The van der Waals surface area contributed by atoms with Gasteiger partial charge in [-0.15, -0.1) is 0 Å². The van der Waals surface area contributed by atoms with Crippen LogP contribution in [0.15, 0.2) is 30.6 Å². The van der Waals surface area contributed by atoms with Crippen LogP contribution in [0.4, 0.5) is 10.5 Å². The number of hydrogen-bond donors (Lipinski definition) is 3. The van der Waals surface area contributed by atoms with Crippen molar-refractivity contribution in [2.75, 3.05) is 5.32 Å². The third-order valence-electron chi connectivity index (χ3n) is 4.12. The molecule has 0 bridgehead atoms. The molecule has 0 aliphatic heterocycles. The van der Waals surface area contributed by atoms with Crippen molar-refractivity contribution in [3.8, 4) is 11.4 Å². The topological polar surface area (TPSA) is 91.9 Å². The van der Waals surface area contributed by atoms with Crippen LogP contribution in [0, 0.1) is 0 Å². The van der Waals surface area contributed by atoms with Gasteiger partial charge in [0.25, 0.3) is 0 Å². The highest BCUT2D eigenvalue weighted by molar-refractivity contribution is 5.68. The number of amides is 1. The van der Waals surface area contributed by atoms with E-state index in [4.69, 9.17) is 4.74 Å². The zero-order valence-corrected chi connectivity index (χ0v) is 14.9. The predicted molar refractivity (Wildman–Crippen MR) is 96.2 cm³/mol. The van der Waals surface area contributed by atoms with E-state index in [-0.39, 0.29) is 18.2 Å². The largest absolute Gasteiger partial charge is 0.444 e. The number of nitrogens with zero attached hydrogens (tertiary/aromatic N) is 2. The maximum atomic E-state index is 12.0. The second kappa shape index (κ2) is 7.13. The van der Waals surface area contributed by atoms with Crippen LogP contribution in [0.3, 0.4) is 0 Å². The molecule has 1 aromatic heterocycles. The molecule has 1 amide bonds. The van der Waals surface area contributed by atoms with Crippen LogP contribution in [0.5, 0.6) is 0 Å². The molecule has 1 fully saturated rings. The molecule has 3 rings (SSSR count). The van der Waals surface area contributed by atoms with E-state index in [1.54, 1.807) is 0 Å². The van der Waals surface area contributed by atoms with Crippen LogP contribution in [-0.2, 0) is 4.74 Å². The first-order valence-electron chi connectivity index (χ1n) is 8.62. The number of carbonyl (C=O) groups is 1. The van der Waals surface area contributed by atoms with Crippen LogP contribution >= 0.6 is 0 Å². The molecule has 0 unspecified atom stereocenters. The van der Waals surface area contributed by atoms with E-state index in [1.807, 2.05) is 45.0 Å². The number of benzene rings is 1. The summed E-state index contributed by atoms with van der Waals surface area (Å²) in [4.78, 5) is 16.2. The molecular formula is C18H25N5O2. The number of hydrogen-bond acceptors (Lipinski definition) is 5. The summed E-state index contributed by atoms with van der Waals surface area (Å²) in [5, 5.41) is 13.3. The molecule has 7 heteroatoms. The minimum absolute atomic E-state index is 0.0591. The summed E-state index contributed by atoms with van der Waals surface area (Å²) in [5.74, 6) is 0.735. The molecule has 2 atom stereocenters. The second-order valence-corrected chi connectivity index (χ2v) is 7.35. The first-order valence-corrected chi connectivity index (χ1v) is 8.62. The van der Waals surface area contributed by atoms with Gasteiger partial charge in [0.15, 0.2) is 5.82 Å². The van der Waals surface area contributed by atoms with Gasteiger partial charge in [0.05, 0.1) is 6.04 Å². The Kier molecular flexibility index (Phi) is 4.92. The van der Waals surface area contributed by atoms with Crippen molar-refractivity contribution in [1.82, 2.24) is 20.5 Å². The van der Waals surface area contributed by atoms with Crippen molar-refractivity contribution in [3.05, 3.63) is 30.6 Å². The fraction of sp³-hybridized carbons (Fsp3) is 0.500. The molecule has 1 aliphatic carbocycles. The molecule has 134 valence electrons. The highest BCUT2D eigenvalue weighted by Crippen LogP contribution is 2.25. The normalized spacial score (nSPS) is 20.3. The van der Waals surface area contributed by atoms with Crippen LogP contribution < -0.4 is 10.6 Å². The monoisotopic (exact) mass is 343 g/mol. The van der Waals surface area contributed by atoms with Crippen LogP contribution in [0.2, 0.25) is 0 Å². The van der Waals surface area contributed by atoms with E-state index < -0.39 is 5.60 Å². The van der Waals surface area contributed by atoms with E-state index in [0.29, 0.717) is 0 Å². The molecule has 7 nitrogen and oxygen atoms in total. The lowest BCUT2D eigenvalue weighted by Crippen LogP contribution is -2.45. The Morgan fingerprint density at radius 1 is 1.28 bits per heavy atom. The number of aromatic amines is 1. The highest BCUT2D eigenvalue weighted by Gasteiger charge is 2.30. The summed E-state index contributed by atoms with van der Waals surface area (Å²) >= 11 is 0. The Bertz CT molecular complexity index is 709. The van der Waals surface area contributed by atoms with Crippen molar-refractivity contribution in [2.24, 2.45) is 0 Å². The Labute approximate surface area is 147 Å². The third kappa shape index (κ3) is 4.71. The molecule has 2 aromatic rings. The molecule has 3 N–H and O–H groups in total. The number of rotatable bonds is 4. The van der Waals surface area contributed by atoms with Crippen LogP contribution in [0.25, 0.3) is 11.4 Å². The number of nitrogens with one attached hydrogen (secondary N) is 3. The number of alkyl carbamates (subject to hydrolysis) is 1. The molecule has 1 saturated carbocycles. The molecule has 1 heterocycles. The number of carbonyl (C=O) groups excluding carboxylic acids is 1. The predicted octanol–water partition coefficient (Wildman–Crippen LogP) is 3.33. The van der Waals surface area contributed by atoms with E-state index in [0.717, 1.165) is 36.3 Å². The van der Waals surface area contributed by atoms with Gasteiger partial charge in [-0.2, -0.15) is 5.10 Å². The first-order chi connectivity index (χ1) is 11.9. The fourth-order valence-corrected chi connectivity index (χ4v) is 3.08. The molecule has 0 saturated heterocycles. The summed E-state index contributed by atoms with van der Waals surface area (Å²) in [6.07, 6.45) is 4.15. The van der Waals surface area contributed by atoms with E-state index in [9.17, 15) is 4.79 Å². The quantitative estimate of drug-likeness (QED) is 0.792. The maximum Gasteiger partial charge on any atom is 0.407 e. The van der Waals surface area contributed by atoms with Crippen molar-refractivity contribution in [1.29, 1.82) is 0 Å². The van der Waals surface area contributed by atoms with Crippen molar-refractivity contribution in [2.45, 2.75) is 57.7 Å². The Morgan fingerprint density at radius 3 is 2.80 bits per heavy atom. The molecule has 1 aliphatic rings. The van der Waals surface area contributed by atoms with Crippen LogP contribution in [0.1, 0.15) is 40.0 Å². The van der Waals surface area contributed by atoms with Gasteiger partial charge in [-0.3, -0.25) is 5.10 Å². The Hall–Kier alpha value is -2.57. The van der Waals surface area contributed by atoms with Crippen LogP contribution in [-0.4, -0.2) is 39.0 Å². The summed E-state index contributed by atoms with van der Waals surface area (Å²) < 4.78 is 5.37. The standard InChI is InChI=1S/C18H25N5O2/c1-18(2,3)25-17(24)22-15-9-5-8-14(15)21-13-7-4-6-12(10-13)16-19-11-20-23-16/h4,6-7,10-11,14-15,21H,5,8-9H2,1-3H3,(H,22,24)(H,19,20,23)/t14-,15+/m0/s1. The fourth-order valence-electron chi connectivity index (χ4n) is 3.08. The Morgan fingerprint density at radius 2 is 2.08 bits per heavy atom. The third-order valence-corrected chi connectivity index (χ3v) is 4.12. The summed E-state index contributed by atoms with van der Waals surface area (Å²) in [6, 6.07) is 8.25. The summed E-state index contributed by atoms with van der Waals surface area (Å²) in [6.45, 7) is 5.60. The number of H-pyrrole nitrogens is 1. The lowest BCUT2D eigenvalue weighted by Gasteiger charge is -2.26. The van der Waals surface area contributed by atoms with E-state index in [1.165, 1.54) is 6.33 Å². The highest BCUT2D eigenvalue weighted by atomic mass is 16.6. The summed E-state index contributed by atoms with van der Waals surface area (Å²) in [7, 11) is 0. The van der Waals surface area contributed by atoms with Gasteiger partial charge < -0.3 is 15.4 Å². The number of anilines is 1. The molecule has 25 heavy (non-hydrogen) atoms. The van der Waals surface area contributed by atoms with Crippen molar-refractivity contribution in [3.63, 3.8) is 0 Å². The van der Waals surface area contributed by atoms with Gasteiger partial charge in [-0.1, -0.05) is 12.1 Å². The van der Waals surface area contributed by atoms with Gasteiger partial charge in [0, 0.05) is 17.3 Å². The molecule has 0 spiro atoms. The number of aromatic nitrogens is 3. The maximum absolute atomic E-state index is 12.0. The molecule has 1 aromatic carbocycles. The van der Waals surface area contributed by atoms with Crippen molar-refractivity contribution < 1.29 is 9.53 Å². The molecular weight excluding hydrogens is 318 g/mol. The average molecular weight is 343 g/mol. The lowest BCUT2D eigenvalue weighted by molar-refractivity contribution is 0.0503. The Balaban J connectivity index is 1.64. The SMILES string of the molecule is CC(C)(C)OC(=O)N[C@@H]1CCC[C@@H]1Nc1cccc(-c2ncn[nH]2)c1. The first kappa shape index (κ1) is 17.3. The molecule has 0 radical (unpaired) electrons. The number of ether oxygens (including phenoxy) is 1. The average Bonchev–Trinajstić information content (AvgIpc) is 3.18. The minimum Gasteiger partial charge on any atom is -0.444 e. The van der Waals surface area contributed by atoms with E-state index >= 15 is 0 Å². The smallest absolute Gasteiger partial charge is 0.407 e. The lowest BCUT2D eigenvalue weighted by atomic mass is 10.1. The van der Waals surface area contributed by atoms with Gasteiger partial charge in [-0.25, -0.2) is 9.78 Å². The van der Waals surface area contributed by atoms with Gasteiger partial charge in [-0.05, 0) is 52.2 Å². The van der Waals surface area contributed by atoms with Gasteiger partial charge in [0.2, 0.25) is 0 Å². The van der Waals surface area contributed by atoms with E-state index in [2.05, 4.69) is 25.8 Å².